The number of hydrogen-bond acceptors (Lipinski definition) is 6. The average molecular weight is 440 g/mol. The SMILES string of the molecule is C#CCn1c(=NC(=O)c2ccc(N3CCOCC3)c([N+](=O)[O-])c2)sc2cc(F)ccc21. The number of ether oxygens (including phenoxy) is 1. The van der Waals surface area contributed by atoms with Crippen molar-refractivity contribution in [2.24, 2.45) is 4.99 Å². The molecule has 10 heteroatoms. The molecule has 0 atom stereocenters. The van der Waals surface area contributed by atoms with Gasteiger partial charge in [0.1, 0.15) is 11.5 Å². The van der Waals surface area contributed by atoms with Crippen molar-refractivity contribution >= 4 is 38.8 Å². The Kier molecular flexibility index (Phi) is 5.79. The fourth-order valence-electron chi connectivity index (χ4n) is 3.40. The number of morpholine rings is 1. The summed E-state index contributed by atoms with van der Waals surface area (Å²) >= 11 is 1.12. The lowest BCUT2D eigenvalue weighted by molar-refractivity contribution is -0.384. The Morgan fingerprint density at radius 3 is 2.77 bits per heavy atom. The minimum Gasteiger partial charge on any atom is -0.378 e. The third kappa shape index (κ3) is 4.19. The largest absolute Gasteiger partial charge is 0.378 e. The molecule has 1 aromatic heterocycles. The molecule has 158 valence electrons. The summed E-state index contributed by atoms with van der Waals surface area (Å²) in [6.07, 6.45) is 5.44. The van der Waals surface area contributed by atoms with E-state index in [1.54, 1.807) is 16.7 Å². The van der Waals surface area contributed by atoms with Crippen LogP contribution in [0.1, 0.15) is 10.4 Å². The third-order valence-corrected chi connectivity index (χ3v) is 5.90. The highest BCUT2D eigenvalue weighted by atomic mass is 32.1. The van der Waals surface area contributed by atoms with Crippen molar-refractivity contribution in [3.05, 3.63) is 62.7 Å². The maximum atomic E-state index is 13.6. The van der Waals surface area contributed by atoms with Crippen molar-refractivity contribution in [3.8, 4) is 12.3 Å². The number of anilines is 1. The number of halogens is 1. The molecule has 31 heavy (non-hydrogen) atoms. The molecule has 0 N–H and O–H groups in total. The summed E-state index contributed by atoms with van der Waals surface area (Å²) in [5.74, 6) is 1.45. The lowest BCUT2D eigenvalue weighted by Gasteiger charge is -2.28. The van der Waals surface area contributed by atoms with Crippen molar-refractivity contribution < 1.29 is 18.8 Å². The molecule has 1 fully saturated rings. The molecule has 1 aliphatic heterocycles. The van der Waals surface area contributed by atoms with Gasteiger partial charge in [0.2, 0.25) is 0 Å². The van der Waals surface area contributed by atoms with Gasteiger partial charge in [-0.05, 0) is 30.3 Å². The van der Waals surface area contributed by atoms with Crippen molar-refractivity contribution in [3.63, 3.8) is 0 Å². The lowest BCUT2D eigenvalue weighted by atomic mass is 10.1. The van der Waals surface area contributed by atoms with Crippen LogP contribution in [-0.2, 0) is 11.3 Å². The Balaban J connectivity index is 1.75. The monoisotopic (exact) mass is 440 g/mol. The molecule has 8 nitrogen and oxygen atoms in total. The summed E-state index contributed by atoms with van der Waals surface area (Å²) in [6.45, 7) is 2.17. The first kappa shape index (κ1) is 20.7. The highest BCUT2D eigenvalue weighted by Gasteiger charge is 2.23. The van der Waals surface area contributed by atoms with Crippen molar-refractivity contribution in [1.29, 1.82) is 0 Å². The van der Waals surface area contributed by atoms with Crippen LogP contribution in [0.25, 0.3) is 10.2 Å². The molecule has 0 bridgehead atoms. The zero-order valence-corrected chi connectivity index (χ0v) is 17.1. The van der Waals surface area contributed by atoms with E-state index < -0.39 is 16.6 Å². The number of aromatic nitrogens is 1. The normalized spacial score (nSPS) is 14.6. The molecule has 0 aliphatic carbocycles. The van der Waals surface area contributed by atoms with Gasteiger partial charge in [-0.2, -0.15) is 4.99 Å². The third-order valence-electron chi connectivity index (χ3n) is 4.86. The van der Waals surface area contributed by atoms with Gasteiger partial charge in [-0.15, -0.1) is 6.42 Å². The van der Waals surface area contributed by atoms with Gasteiger partial charge >= 0.3 is 0 Å². The number of terminal acetylenes is 1. The topological polar surface area (TPSA) is 90.0 Å². The number of carbonyl (C=O) groups excluding carboxylic acids is 1. The van der Waals surface area contributed by atoms with Crippen LogP contribution in [0.2, 0.25) is 0 Å². The van der Waals surface area contributed by atoms with E-state index in [1.807, 2.05) is 4.90 Å². The summed E-state index contributed by atoms with van der Waals surface area (Å²) in [4.78, 5) is 30.2. The molecule has 2 aromatic carbocycles. The van der Waals surface area contributed by atoms with Gasteiger partial charge in [0.15, 0.2) is 4.80 Å². The lowest BCUT2D eigenvalue weighted by Crippen LogP contribution is -2.36. The molecule has 0 radical (unpaired) electrons. The van der Waals surface area contributed by atoms with E-state index in [-0.39, 0.29) is 17.8 Å². The Morgan fingerprint density at radius 1 is 1.29 bits per heavy atom. The number of nitro groups is 1. The van der Waals surface area contributed by atoms with Gasteiger partial charge < -0.3 is 14.2 Å². The van der Waals surface area contributed by atoms with E-state index in [2.05, 4.69) is 10.9 Å². The molecule has 2 heterocycles. The Labute approximate surface area is 180 Å². The molecule has 0 unspecified atom stereocenters. The zero-order valence-electron chi connectivity index (χ0n) is 16.3. The molecule has 3 aromatic rings. The molecule has 0 spiro atoms. The van der Waals surface area contributed by atoms with E-state index >= 15 is 0 Å². The predicted octanol–water partition coefficient (Wildman–Crippen LogP) is 2.96. The van der Waals surface area contributed by atoms with Gasteiger partial charge in [0, 0.05) is 24.7 Å². The van der Waals surface area contributed by atoms with E-state index in [4.69, 9.17) is 11.2 Å². The molecule has 1 aliphatic rings. The fourth-order valence-corrected chi connectivity index (χ4v) is 4.45. The Morgan fingerprint density at radius 2 is 2.06 bits per heavy atom. The van der Waals surface area contributed by atoms with Crippen LogP contribution < -0.4 is 9.70 Å². The number of hydrogen-bond donors (Lipinski definition) is 0. The summed E-state index contributed by atoms with van der Waals surface area (Å²) in [7, 11) is 0. The Bertz CT molecular complexity index is 1280. The number of nitrogens with zero attached hydrogens (tertiary/aromatic N) is 4. The number of fused-ring (bicyclic) bond motifs is 1. The van der Waals surface area contributed by atoms with Crippen LogP contribution in [0.3, 0.4) is 0 Å². The minimum atomic E-state index is -0.644. The van der Waals surface area contributed by atoms with Crippen LogP contribution >= 0.6 is 11.3 Å². The smallest absolute Gasteiger partial charge is 0.293 e. The fraction of sp³-hybridized carbons (Fsp3) is 0.238. The van der Waals surface area contributed by atoms with Crippen molar-refractivity contribution in [2.75, 3.05) is 31.2 Å². The zero-order chi connectivity index (χ0) is 22.0. The molecule has 1 amide bonds. The first-order chi connectivity index (χ1) is 15.0. The second-order valence-corrected chi connectivity index (χ2v) is 7.77. The number of thiazole rings is 1. The summed E-state index contributed by atoms with van der Waals surface area (Å²) in [5.41, 5.74) is 1.01. The highest BCUT2D eigenvalue weighted by Crippen LogP contribution is 2.30. The van der Waals surface area contributed by atoms with E-state index in [0.717, 1.165) is 11.3 Å². The van der Waals surface area contributed by atoms with Crippen molar-refractivity contribution in [2.45, 2.75) is 6.54 Å². The van der Waals surface area contributed by atoms with E-state index in [0.29, 0.717) is 47.0 Å². The first-order valence-electron chi connectivity index (χ1n) is 9.40. The second kappa shape index (κ2) is 8.67. The van der Waals surface area contributed by atoms with E-state index in [9.17, 15) is 19.3 Å². The molecule has 1 saturated heterocycles. The number of amides is 1. The van der Waals surface area contributed by atoms with Crippen LogP contribution in [0.4, 0.5) is 15.8 Å². The van der Waals surface area contributed by atoms with Crippen LogP contribution in [0.5, 0.6) is 0 Å². The second-order valence-electron chi connectivity index (χ2n) is 6.76. The maximum Gasteiger partial charge on any atom is 0.293 e. The van der Waals surface area contributed by atoms with Crippen LogP contribution in [0, 0.1) is 28.3 Å². The standard InChI is InChI=1S/C21H17FN4O4S/c1-2-7-25-17-6-4-15(22)13-19(17)31-21(25)23-20(27)14-3-5-16(18(12-14)26(28)29)24-8-10-30-11-9-24/h1,3-6,12-13H,7-11H2. The number of rotatable bonds is 4. The Hall–Kier alpha value is -3.55. The van der Waals surface area contributed by atoms with Crippen molar-refractivity contribution in [1.82, 2.24) is 4.57 Å². The van der Waals surface area contributed by atoms with Gasteiger partial charge in [0.25, 0.3) is 11.6 Å². The summed E-state index contributed by atoms with van der Waals surface area (Å²) < 4.78 is 21.1. The van der Waals surface area contributed by atoms with Crippen LogP contribution in [0.15, 0.2) is 41.4 Å². The number of carbonyl (C=O) groups is 1. The minimum absolute atomic E-state index is 0.0830. The van der Waals surface area contributed by atoms with Gasteiger partial charge in [-0.25, -0.2) is 4.39 Å². The number of benzene rings is 2. The molecular formula is C21H17FN4O4S. The summed E-state index contributed by atoms with van der Waals surface area (Å²) in [6, 6.07) is 8.53. The van der Waals surface area contributed by atoms with E-state index in [1.165, 1.54) is 24.3 Å². The highest BCUT2D eigenvalue weighted by molar-refractivity contribution is 7.16. The maximum absolute atomic E-state index is 13.6. The first-order valence-corrected chi connectivity index (χ1v) is 10.2. The predicted molar refractivity (Wildman–Crippen MR) is 115 cm³/mol. The number of nitro benzene ring substituents is 1. The van der Waals surface area contributed by atoms with Gasteiger partial charge in [-0.1, -0.05) is 17.3 Å². The summed E-state index contributed by atoms with van der Waals surface area (Å²) in [5, 5.41) is 11.6. The molecule has 4 rings (SSSR count). The van der Waals surface area contributed by atoms with Gasteiger partial charge in [0.05, 0.1) is 34.9 Å². The molecule has 0 saturated carbocycles. The molecular weight excluding hydrogens is 423 g/mol. The average Bonchev–Trinajstić information content (AvgIpc) is 3.10. The quantitative estimate of drug-likeness (QED) is 0.354. The van der Waals surface area contributed by atoms with Crippen LogP contribution in [-0.4, -0.2) is 41.7 Å². The van der Waals surface area contributed by atoms with Gasteiger partial charge in [-0.3, -0.25) is 14.9 Å².